The molecule has 0 N–H and O–H groups in total. The molecule has 1 atom stereocenters. The topological polar surface area (TPSA) is 82.6 Å². The lowest BCUT2D eigenvalue weighted by Crippen LogP contribution is -2.36. The molecule has 0 unspecified atom stereocenters. The van der Waals surface area contributed by atoms with Gasteiger partial charge in [0.15, 0.2) is 0 Å². The highest BCUT2D eigenvalue weighted by atomic mass is 32.2. The first-order valence-corrected chi connectivity index (χ1v) is 13.8. The van der Waals surface area contributed by atoms with Crippen molar-refractivity contribution in [2.75, 3.05) is 81.7 Å². The van der Waals surface area contributed by atoms with Crippen LogP contribution in [0.3, 0.4) is 0 Å². The van der Waals surface area contributed by atoms with Crippen molar-refractivity contribution in [2.45, 2.75) is 31.6 Å². The number of sulfonamides is 1. The fraction of sp³-hybridized carbons (Fsp3) is 0.654. The molecule has 1 amide bonds. The van der Waals surface area contributed by atoms with Crippen molar-refractivity contribution in [3.63, 3.8) is 0 Å². The minimum atomic E-state index is -3.69. The van der Waals surface area contributed by atoms with Crippen LogP contribution in [-0.4, -0.2) is 115 Å². The summed E-state index contributed by atoms with van der Waals surface area (Å²) in [5.74, 6) is 0.929. The van der Waals surface area contributed by atoms with Crippen LogP contribution in [0.15, 0.2) is 28.8 Å². The van der Waals surface area contributed by atoms with E-state index >= 15 is 0 Å². The van der Waals surface area contributed by atoms with Gasteiger partial charge in [0.25, 0.3) is 0 Å². The van der Waals surface area contributed by atoms with E-state index in [1.54, 1.807) is 45.0 Å². The molecule has 1 aliphatic rings. The standard InChI is InChI=1S/C26H44N4O5S/c1-20-15-24(34-8)16-21(2)26(20)36(32,33)30(7)13-14-35-19-25(31)29(6)18-22-9-10-23(17-22)28(5)12-11-27(3)4/h10,15-16,22H,9,11-14,17-19H2,1-8H3/t22-/m0/s1. The number of allylic oxidation sites excluding steroid dienone is 2. The van der Waals surface area contributed by atoms with Crippen molar-refractivity contribution in [3.05, 3.63) is 35.0 Å². The molecule has 0 spiro atoms. The van der Waals surface area contributed by atoms with Gasteiger partial charge in [-0.25, -0.2) is 8.42 Å². The van der Waals surface area contributed by atoms with Gasteiger partial charge in [-0.15, -0.1) is 0 Å². The zero-order chi connectivity index (χ0) is 27.0. The molecule has 0 fully saturated rings. The first-order chi connectivity index (χ1) is 16.9. The summed E-state index contributed by atoms with van der Waals surface area (Å²) in [6.45, 7) is 6.39. The zero-order valence-corrected chi connectivity index (χ0v) is 24.0. The molecule has 0 radical (unpaired) electrons. The van der Waals surface area contributed by atoms with Crippen molar-refractivity contribution >= 4 is 15.9 Å². The quantitative estimate of drug-likeness (QED) is 0.345. The summed E-state index contributed by atoms with van der Waals surface area (Å²) >= 11 is 0. The van der Waals surface area contributed by atoms with Crippen LogP contribution in [-0.2, 0) is 19.6 Å². The molecule has 36 heavy (non-hydrogen) atoms. The van der Waals surface area contributed by atoms with Gasteiger partial charge in [0.2, 0.25) is 15.9 Å². The van der Waals surface area contributed by atoms with Crippen LogP contribution in [0.25, 0.3) is 0 Å². The van der Waals surface area contributed by atoms with Crippen LogP contribution in [0.4, 0.5) is 0 Å². The third-order valence-corrected chi connectivity index (χ3v) is 8.79. The van der Waals surface area contributed by atoms with E-state index in [2.05, 4.69) is 37.0 Å². The minimum Gasteiger partial charge on any atom is -0.497 e. The van der Waals surface area contributed by atoms with E-state index in [-0.39, 0.29) is 30.6 Å². The molecule has 204 valence electrons. The number of methoxy groups -OCH3 is 1. The lowest BCUT2D eigenvalue weighted by molar-refractivity contribution is -0.135. The first kappa shape index (κ1) is 30.1. The predicted octanol–water partition coefficient (Wildman–Crippen LogP) is 2.19. The number of rotatable bonds is 14. The van der Waals surface area contributed by atoms with E-state index < -0.39 is 10.0 Å². The normalized spacial score (nSPS) is 15.9. The van der Waals surface area contributed by atoms with Crippen molar-refractivity contribution in [3.8, 4) is 5.75 Å². The number of likely N-dealkylation sites (N-methyl/N-ethyl adjacent to an activating group) is 4. The summed E-state index contributed by atoms with van der Waals surface area (Å²) in [6, 6.07) is 3.42. The molecule has 2 rings (SSSR count). The van der Waals surface area contributed by atoms with Crippen molar-refractivity contribution < 1.29 is 22.7 Å². The lowest BCUT2D eigenvalue weighted by Gasteiger charge is -2.25. The second-order valence-electron chi connectivity index (χ2n) is 9.97. The number of aryl methyl sites for hydroxylation is 2. The number of benzene rings is 1. The smallest absolute Gasteiger partial charge is 0.248 e. The largest absolute Gasteiger partial charge is 0.497 e. The molecule has 0 bridgehead atoms. The van der Waals surface area contributed by atoms with Gasteiger partial charge in [-0.05, 0) is 70.0 Å². The van der Waals surface area contributed by atoms with Crippen LogP contribution in [0.5, 0.6) is 5.75 Å². The third kappa shape index (κ3) is 8.19. The Balaban J connectivity index is 1.77. The second kappa shape index (κ2) is 13.4. The summed E-state index contributed by atoms with van der Waals surface area (Å²) in [5.41, 5.74) is 2.60. The number of nitrogens with zero attached hydrogens (tertiary/aromatic N) is 4. The van der Waals surface area contributed by atoms with E-state index in [9.17, 15) is 13.2 Å². The predicted molar refractivity (Wildman–Crippen MR) is 143 cm³/mol. The number of hydrogen-bond acceptors (Lipinski definition) is 7. The molecule has 10 heteroatoms. The van der Waals surface area contributed by atoms with E-state index in [1.165, 1.54) is 17.0 Å². The average Bonchev–Trinajstić information content (AvgIpc) is 3.27. The van der Waals surface area contributed by atoms with Gasteiger partial charge in [0, 0.05) is 53.0 Å². The van der Waals surface area contributed by atoms with Gasteiger partial charge < -0.3 is 24.2 Å². The first-order valence-electron chi connectivity index (χ1n) is 12.3. The van der Waals surface area contributed by atoms with Crippen LogP contribution in [0.1, 0.15) is 24.0 Å². The summed E-state index contributed by atoms with van der Waals surface area (Å²) in [6.07, 6.45) is 4.21. The molecular weight excluding hydrogens is 480 g/mol. The molecule has 0 aromatic heterocycles. The van der Waals surface area contributed by atoms with Crippen LogP contribution in [0.2, 0.25) is 0 Å². The summed E-state index contributed by atoms with van der Waals surface area (Å²) in [4.78, 5) is 19.0. The highest BCUT2D eigenvalue weighted by Crippen LogP contribution is 2.28. The molecular formula is C26H44N4O5S. The second-order valence-corrected chi connectivity index (χ2v) is 12.0. The third-order valence-electron chi connectivity index (χ3n) is 6.63. The Labute approximate surface area is 217 Å². The van der Waals surface area contributed by atoms with Crippen LogP contribution in [0, 0.1) is 19.8 Å². The zero-order valence-electron chi connectivity index (χ0n) is 23.2. The number of carbonyl (C=O) groups excluding carboxylic acids is 1. The molecule has 1 aliphatic carbocycles. The Bertz CT molecular complexity index is 1000. The van der Waals surface area contributed by atoms with Gasteiger partial charge in [-0.2, -0.15) is 4.31 Å². The molecule has 0 heterocycles. The number of carbonyl (C=O) groups is 1. The van der Waals surface area contributed by atoms with Gasteiger partial charge in [0.1, 0.15) is 12.4 Å². The van der Waals surface area contributed by atoms with Gasteiger partial charge >= 0.3 is 0 Å². The van der Waals surface area contributed by atoms with Crippen molar-refractivity contribution in [1.29, 1.82) is 0 Å². The Morgan fingerprint density at radius 2 is 1.67 bits per heavy atom. The van der Waals surface area contributed by atoms with Gasteiger partial charge in [-0.3, -0.25) is 4.79 Å². The highest BCUT2D eigenvalue weighted by Gasteiger charge is 2.26. The Hall–Kier alpha value is -2.14. The fourth-order valence-corrected chi connectivity index (χ4v) is 5.93. The summed E-state index contributed by atoms with van der Waals surface area (Å²) in [5, 5.41) is 0. The maximum atomic E-state index is 13.1. The summed E-state index contributed by atoms with van der Waals surface area (Å²) < 4.78 is 38.2. The number of ether oxygens (including phenoxy) is 2. The van der Waals surface area contributed by atoms with Gasteiger partial charge in [-0.1, -0.05) is 6.08 Å². The maximum Gasteiger partial charge on any atom is 0.248 e. The maximum absolute atomic E-state index is 13.1. The minimum absolute atomic E-state index is 0.0687. The summed E-state index contributed by atoms with van der Waals surface area (Å²) in [7, 11) is 7.45. The molecule has 0 saturated carbocycles. The number of hydrogen-bond donors (Lipinski definition) is 0. The lowest BCUT2D eigenvalue weighted by atomic mass is 10.1. The van der Waals surface area contributed by atoms with E-state index in [0.717, 1.165) is 25.9 Å². The molecule has 1 aromatic carbocycles. The van der Waals surface area contributed by atoms with Crippen LogP contribution >= 0.6 is 0 Å². The van der Waals surface area contributed by atoms with Crippen LogP contribution < -0.4 is 4.74 Å². The van der Waals surface area contributed by atoms with Gasteiger partial charge in [0.05, 0.1) is 18.6 Å². The van der Waals surface area contributed by atoms with E-state index in [4.69, 9.17) is 9.47 Å². The SMILES string of the molecule is COc1cc(C)c(S(=O)(=O)N(C)CCOCC(=O)N(C)C[C@H]2CC=C(N(C)CCN(C)C)C2)c(C)c1. The molecule has 0 aliphatic heterocycles. The van der Waals surface area contributed by atoms with E-state index in [0.29, 0.717) is 29.3 Å². The monoisotopic (exact) mass is 524 g/mol. The average molecular weight is 525 g/mol. The Morgan fingerprint density at radius 1 is 1.03 bits per heavy atom. The fourth-order valence-electron chi connectivity index (χ4n) is 4.37. The number of amides is 1. The Kier molecular flexibility index (Phi) is 11.2. The van der Waals surface area contributed by atoms with Crippen molar-refractivity contribution in [1.82, 2.24) is 19.0 Å². The van der Waals surface area contributed by atoms with Crippen molar-refractivity contribution in [2.24, 2.45) is 5.92 Å². The molecule has 0 saturated heterocycles. The molecule has 1 aromatic rings. The molecule has 9 nitrogen and oxygen atoms in total. The van der Waals surface area contributed by atoms with E-state index in [1.807, 2.05) is 0 Å². The highest BCUT2D eigenvalue weighted by molar-refractivity contribution is 7.89. The Morgan fingerprint density at radius 3 is 2.25 bits per heavy atom.